The lowest BCUT2D eigenvalue weighted by atomic mass is 9.97. The van der Waals surface area contributed by atoms with E-state index in [1.54, 1.807) is 0 Å². The van der Waals surface area contributed by atoms with Gasteiger partial charge in [0.1, 0.15) is 0 Å². The minimum absolute atomic E-state index is 0.00620. The molecule has 122 valence electrons. The van der Waals surface area contributed by atoms with Gasteiger partial charge in [0, 0.05) is 18.6 Å². The first-order valence-electron chi connectivity index (χ1n) is 8.03. The maximum absolute atomic E-state index is 12.5. The molecule has 1 aliphatic heterocycles. The number of nitrogens with two attached hydrogens (primary N) is 1. The van der Waals surface area contributed by atoms with Gasteiger partial charge in [0.05, 0.1) is 6.61 Å². The zero-order valence-corrected chi connectivity index (χ0v) is 13.5. The quantitative estimate of drug-likeness (QED) is 0.875. The van der Waals surface area contributed by atoms with Gasteiger partial charge in [-0.15, -0.1) is 0 Å². The van der Waals surface area contributed by atoms with Crippen molar-refractivity contribution >= 4 is 5.91 Å². The topological polar surface area (TPSA) is 64.8 Å². The Bertz CT molecular complexity index is 491. The van der Waals surface area contributed by atoms with E-state index in [4.69, 9.17) is 15.2 Å². The van der Waals surface area contributed by atoms with E-state index < -0.39 is 0 Å². The average molecular weight is 306 g/mol. The highest BCUT2D eigenvalue weighted by Gasteiger charge is 2.29. The van der Waals surface area contributed by atoms with Crippen LogP contribution in [0.15, 0.2) is 24.3 Å². The largest absolute Gasteiger partial charge is 0.490 e. The zero-order chi connectivity index (χ0) is 15.9. The number of carbonyl (C=O) groups excluding carboxylic acids is 1. The van der Waals surface area contributed by atoms with Crippen LogP contribution in [0.25, 0.3) is 0 Å². The van der Waals surface area contributed by atoms with Crippen molar-refractivity contribution in [2.75, 3.05) is 19.8 Å². The third-order valence-electron chi connectivity index (χ3n) is 3.98. The van der Waals surface area contributed by atoms with Gasteiger partial charge < -0.3 is 20.1 Å². The first kappa shape index (κ1) is 16.6. The van der Waals surface area contributed by atoms with Crippen LogP contribution in [0.2, 0.25) is 0 Å². The minimum Gasteiger partial charge on any atom is -0.490 e. The third-order valence-corrected chi connectivity index (χ3v) is 3.98. The Morgan fingerprint density at radius 1 is 1.32 bits per heavy atom. The lowest BCUT2D eigenvalue weighted by Gasteiger charge is -2.38. The predicted molar refractivity (Wildman–Crippen MR) is 86.1 cm³/mol. The number of rotatable bonds is 6. The van der Waals surface area contributed by atoms with Crippen LogP contribution in [0.1, 0.15) is 33.1 Å². The van der Waals surface area contributed by atoms with Gasteiger partial charge in [0.25, 0.3) is 5.91 Å². The fourth-order valence-electron chi connectivity index (χ4n) is 2.88. The number of piperidine rings is 1. The Labute approximate surface area is 132 Å². The van der Waals surface area contributed by atoms with E-state index in [-0.39, 0.29) is 24.6 Å². The molecule has 2 N–H and O–H groups in total. The molecule has 0 saturated carbocycles. The summed E-state index contributed by atoms with van der Waals surface area (Å²) in [5.74, 6) is 1.26. The summed E-state index contributed by atoms with van der Waals surface area (Å²) in [5.41, 5.74) is 6.01. The number of hydrogen-bond acceptors (Lipinski definition) is 4. The number of nitrogens with zero attached hydrogens (tertiary/aromatic N) is 1. The Morgan fingerprint density at radius 3 is 2.64 bits per heavy atom. The molecular weight excluding hydrogens is 280 g/mol. The average Bonchev–Trinajstić information content (AvgIpc) is 2.54. The van der Waals surface area contributed by atoms with Crippen molar-refractivity contribution in [1.29, 1.82) is 0 Å². The van der Waals surface area contributed by atoms with E-state index in [1.807, 2.05) is 43.0 Å². The number of benzene rings is 1. The molecule has 5 nitrogen and oxygen atoms in total. The van der Waals surface area contributed by atoms with Crippen molar-refractivity contribution in [3.8, 4) is 11.5 Å². The Kier molecular flexibility index (Phi) is 6.07. The summed E-state index contributed by atoms with van der Waals surface area (Å²) in [5, 5.41) is 0. The van der Waals surface area contributed by atoms with Gasteiger partial charge in [0.15, 0.2) is 18.1 Å². The fourth-order valence-corrected chi connectivity index (χ4v) is 2.88. The smallest absolute Gasteiger partial charge is 0.260 e. The van der Waals surface area contributed by atoms with Gasteiger partial charge in [-0.25, -0.2) is 0 Å². The second-order valence-electron chi connectivity index (χ2n) is 5.68. The SMILES string of the molecule is CCOc1ccccc1OCC(=O)N1CCCCC1C(C)N. The summed E-state index contributed by atoms with van der Waals surface area (Å²) in [7, 11) is 0. The summed E-state index contributed by atoms with van der Waals surface area (Å²) < 4.78 is 11.2. The summed E-state index contributed by atoms with van der Waals surface area (Å²) >= 11 is 0. The van der Waals surface area contributed by atoms with Gasteiger partial charge in [-0.1, -0.05) is 12.1 Å². The molecule has 2 atom stereocenters. The van der Waals surface area contributed by atoms with E-state index in [2.05, 4.69) is 0 Å². The Hall–Kier alpha value is -1.75. The van der Waals surface area contributed by atoms with Crippen molar-refractivity contribution in [3.63, 3.8) is 0 Å². The number of hydrogen-bond donors (Lipinski definition) is 1. The van der Waals surface area contributed by atoms with Crippen LogP contribution in [-0.4, -0.2) is 42.6 Å². The maximum atomic E-state index is 12.5. The molecule has 22 heavy (non-hydrogen) atoms. The molecule has 0 spiro atoms. The van der Waals surface area contributed by atoms with Gasteiger partial charge in [-0.05, 0) is 45.2 Å². The molecule has 0 aliphatic carbocycles. The molecule has 0 aromatic heterocycles. The zero-order valence-electron chi connectivity index (χ0n) is 13.5. The lowest BCUT2D eigenvalue weighted by Crippen LogP contribution is -2.52. The molecule has 1 fully saturated rings. The van der Waals surface area contributed by atoms with Gasteiger partial charge >= 0.3 is 0 Å². The van der Waals surface area contributed by atoms with Crippen LogP contribution < -0.4 is 15.2 Å². The molecule has 1 aliphatic rings. The molecule has 0 radical (unpaired) electrons. The number of carbonyl (C=O) groups is 1. The summed E-state index contributed by atoms with van der Waals surface area (Å²) in [6.07, 6.45) is 3.13. The van der Waals surface area contributed by atoms with E-state index in [9.17, 15) is 4.79 Å². The van der Waals surface area contributed by atoms with Gasteiger partial charge in [-0.3, -0.25) is 4.79 Å². The molecular formula is C17H26N2O3. The molecule has 1 amide bonds. The first-order valence-corrected chi connectivity index (χ1v) is 8.03. The summed E-state index contributed by atoms with van der Waals surface area (Å²) in [6, 6.07) is 7.52. The molecule has 2 unspecified atom stereocenters. The predicted octanol–water partition coefficient (Wildman–Crippen LogP) is 2.19. The van der Waals surface area contributed by atoms with Gasteiger partial charge in [-0.2, -0.15) is 0 Å². The third kappa shape index (κ3) is 4.13. The molecule has 1 aromatic rings. The van der Waals surface area contributed by atoms with Crippen LogP contribution in [0.3, 0.4) is 0 Å². The molecule has 5 heteroatoms. The number of amides is 1. The number of para-hydroxylation sites is 2. The highest BCUT2D eigenvalue weighted by molar-refractivity contribution is 5.78. The van der Waals surface area contributed by atoms with Crippen molar-refractivity contribution in [2.24, 2.45) is 5.73 Å². The van der Waals surface area contributed by atoms with Crippen LogP contribution >= 0.6 is 0 Å². The minimum atomic E-state index is -0.0139. The highest BCUT2D eigenvalue weighted by Crippen LogP contribution is 2.26. The van der Waals surface area contributed by atoms with E-state index in [1.165, 1.54) is 0 Å². The number of ether oxygens (including phenoxy) is 2. The highest BCUT2D eigenvalue weighted by atomic mass is 16.5. The summed E-state index contributed by atoms with van der Waals surface area (Å²) in [6.45, 7) is 5.23. The number of likely N-dealkylation sites (tertiary alicyclic amines) is 1. The Morgan fingerprint density at radius 2 is 2.00 bits per heavy atom. The fraction of sp³-hybridized carbons (Fsp3) is 0.588. The monoisotopic (exact) mass is 306 g/mol. The van der Waals surface area contributed by atoms with E-state index >= 15 is 0 Å². The van der Waals surface area contributed by atoms with Crippen molar-refractivity contribution < 1.29 is 14.3 Å². The lowest BCUT2D eigenvalue weighted by molar-refractivity contribution is -0.137. The Balaban J connectivity index is 1.97. The van der Waals surface area contributed by atoms with Crippen LogP contribution in [0, 0.1) is 0 Å². The van der Waals surface area contributed by atoms with Crippen LogP contribution in [0.5, 0.6) is 11.5 Å². The second-order valence-corrected chi connectivity index (χ2v) is 5.68. The van der Waals surface area contributed by atoms with Crippen molar-refractivity contribution in [3.05, 3.63) is 24.3 Å². The van der Waals surface area contributed by atoms with Gasteiger partial charge in [0.2, 0.25) is 0 Å². The molecule has 2 rings (SSSR count). The summed E-state index contributed by atoms with van der Waals surface area (Å²) in [4.78, 5) is 14.3. The first-order chi connectivity index (χ1) is 10.6. The molecule has 1 saturated heterocycles. The van der Waals surface area contributed by atoms with E-state index in [0.29, 0.717) is 18.1 Å². The van der Waals surface area contributed by atoms with Crippen LogP contribution in [-0.2, 0) is 4.79 Å². The van der Waals surface area contributed by atoms with E-state index in [0.717, 1.165) is 25.8 Å². The molecule has 1 aromatic carbocycles. The molecule has 0 bridgehead atoms. The normalized spacial score (nSPS) is 19.6. The van der Waals surface area contributed by atoms with Crippen LogP contribution in [0.4, 0.5) is 0 Å². The maximum Gasteiger partial charge on any atom is 0.260 e. The molecule has 1 heterocycles. The second kappa shape index (κ2) is 8.03. The standard InChI is InChI=1S/C17H26N2O3/c1-3-21-15-9-4-5-10-16(15)22-12-17(20)19-11-7-6-8-14(19)13(2)18/h4-5,9-10,13-14H,3,6-8,11-12,18H2,1-2H3. The van der Waals surface area contributed by atoms with Crippen molar-refractivity contribution in [2.45, 2.75) is 45.2 Å². The van der Waals surface area contributed by atoms with Crippen molar-refractivity contribution in [1.82, 2.24) is 4.90 Å².